The zero-order valence-electron chi connectivity index (χ0n) is 14.5. The number of aliphatic hydroxyl groups is 2. The fraction of sp³-hybridized carbons (Fsp3) is 0.875. The van der Waals surface area contributed by atoms with Crippen molar-refractivity contribution in [2.24, 2.45) is 0 Å². The lowest BCUT2D eigenvalue weighted by Gasteiger charge is -2.10. The summed E-state index contributed by atoms with van der Waals surface area (Å²) >= 11 is 0. The zero-order valence-corrected chi connectivity index (χ0v) is 14.5. The highest BCUT2D eigenvalue weighted by molar-refractivity contribution is 5.79. The molecule has 1 unspecified atom stereocenters. The van der Waals surface area contributed by atoms with Gasteiger partial charge in [0.1, 0.15) is 0 Å². The van der Waals surface area contributed by atoms with Crippen molar-refractivity contribution in [3.63, 3.8) is 0 Å². The van der Waals surface area contributed by atoms with E-state index >= 15 is 0 Å². The van der Waals surface area contributed by atoms with Gasteiger partial charge < -0.3 is 29.9 Å². The summed E-state index contributed by atoms with van der Waals surface area (Å²) in [6.07, 6.45) is 3.41. The van der Waals surface area contributed by atoms with Gasteiger partial charge in [0.05, 0.1) is 6.42 Å². The Labute approximate surface area is 143 Å². The van der Waals surface area contributed by atoms with Crippen molar-refractivity contribution in [2.45, 2.75) is 58.0 Å². The van der Waals surface area contributed by atoms with E-state index in [0.29, 0.717) is 6.61 Å². The van der Waals surface area contributed by atoms with E-state index in [0.717, 1.165) is 51.7 Å². The van der Waals surface area contributed by atoms with Crippen molar-refractivity contribution in [3.05, 3.63) is 0 Å². The Morgan fingerprint density at radius 1 is 0.875 bits per heavy atom. The molecule has 0 radical (unpaired) electrons. The van der Waals surface area contributed by atoms with Crippen LogP contribution < -0.4 is 0 Å². The summed E-state index contributed by atoms with van der Waals surface area (Å²) in [6, 6.07) is 0. The molecule has 144 valence electrons. The summed E-state index contributed by atoms with van der Waals surface area (Å²) in [5, 5.41) is 33.7. The van der Waals surface area contributed by atoms with Crippen LogP contribution in [0.3, 0.4) is 0 Å². The van der Waals surface area contributed by atoms with Gasteiger partial charge in [-0.25, -0.2) is 4.79 Å². The molecular weight excluding hydrogens is 320 g/mol. The number of aliphatic hydroxyl groups excluding tert-OH is 2. The molecule has 24 heavy (non-hydrogen) atoms. The second-order valence-electron chi connectivity index (χ2n) is 5.12. The molecule has 0 heterocycles. The third kappa shape index (κ3) is 20.8. The molecule has 0 spiro atoms. The molecule has 0 amide bonds. The summed E-state index contributed by atoms with van der Waals surface area (Å²) in [7, 11) is 0. The van der Waals surface area contributed by atoms with Crippen molar-refractivity contribution in [1.29, 1.82) is 0 Å². The molecule has 0 rings (SSSR count). The molecule has 0 saturated heterocycles. The SMILES string of the molecule is CCCCOC(CC(=O)O)C(=O)O.OCCCCOCCCCO. The quantitative estimate of drug-likeness (QED) is 0.324. The van der Waals surface area contributed by atoms with E-state index in [2.05, 4.69) is 0 Å². The van der Waals surface area contributed by atoms with Crippen LogP contribution in [0.1, 0.15) is 51.9 Å². The van der Waals surface area contributed by atoms with E-state index in [1.165, 1.54) is 0 Å². The normalized spacial score (nSPS) is 11.5. The highest BCUT2D eigenvalue weighted by Gasteiger charge is 2.20. The molecule has 4 N–H and O–H groups in total. The van der Waals surface area contributed by atoms with E-state index in [9.17, 15) is 9.59 Å². The Morgan fingerprint density at radius 2 is 1.42 bits per heavy atom. The maximum absolute atomic E-state index is 10.4. The topological polar surface area (TPSA) is 134 Å². The number of carboxylic acids is 2. The van der Waals surface area contributed by atoms with Crippen molar-refractivity contribution in [3.8, 4) is 0 Å². The Balaban J connectivity index is 0. The van der Waals surface area contributed by atoms with Crippen LogP contribution >= 0.6 is 0 Å². The molecule has 0 bridgehead atoms. The second kappa shape index (κ2) is 19.8. The summed E-state index contributed by atoms with van der Waals surface area (Å²) in [4.78, 5) is 20.6. The van der Waals surface area contributed by atoms with E-state index < -0.39 is 24.5 Å². The minimum absolute atomic E-state index is 0.250. The third-order valence-corrected chi connectivity index (χ3v) is 2.85. The number of ether oxygens (including phenoxy) is 2. The Kier molecular flexibility index (Phi) is 20.7. The van der Waals surface area contributed by atoms with Crippen LogP contribution in [0.15, 0.2) is 0 Å². The number of rotatable bonds is 15. The Hall–Kier alpha value is -1.22. The standard InChI is InChI=1S/C8H14O5.C8H18O3/c1-2-3-4-13-6(8(11)12)5-7(9)10;9-5-1-3-7-11-8-4-2-6-10/h6H,2-5H2,1H3,(H,9,10)(H,11,12);9-10H,1-8H2. The second-order valence-corrected chi connectivity index (χ2v) is 5.12. The van der Waals surface area contributed by atoms with E-state index in [-0.39, 0.29) is 13.2 Å². The van der Waals surface area contributed by atoms with Gasteiger partial charge in [-0.1, -0.05) is 13.3 Å². The number of carbonyl (C=O) groups is 2. The van der Waals surface area contributed by atoms with Crippen molar-refractivity contribution >= 4 is 11.9 Å². The van der Waals surface area contributed by atoms with Crippen molar-refractivity contribution < 1.29 is 39.5 Å². The molecular formula is C16H32O8. The lowest BCUT2D eigenvalue weighted by atomic mass is 10.2. The predicted octanol–water partition coefficient (Wildman–Crippen LogP) is 1.28. The average molecular weight is 352 g/mol. The molecule has 1 atom stereocenters. The average Bonchev–Trinajstić information content (AvgIpc) is 2.53. The van der Waals surface area contributed by atoms with Crippen LogP contribution in [0, 0.1) is 0 Å². The number of aliphatic carboxylic acids is 2. The molecule has 0 aromatic heterocycles. The Morgan fingerprint density at radius 3 is 1.79 bits per heavy atom. The van der Waals surface area contributed by atoms with Crippen LogP contribution in [-0.2, 0) is 19.1 Å². The summed E-state index contributed by atoms with van der Waals surface area (Å²) in [5.41, 5.74) is 0. The molecule has 0 aromatic carbocycles. The van der Waals surface area contributed by atoms with Gasteiger partial charge in [0.25, 0.3) is 0 Å². The molecule has 0 aliphatic rings. The van der Waals surface area contributed by atoms with Crippen LogP contribution in [0.5, 0.6) is 0 Å². The Bertz CT molecular complexity index is 288. The fourth-order valence-electron chi connectivity index (χ4n) is 1.48. The van der Waals surface area contributed by atoms with Gasteiger partial charge in [-0.3, -0.25) is 4.79 Å². The lowest BCUT2D eigenvalue weighted by Crippen LogP contribution is -2.27. The van der Waals surface area contributed by atoms with E-state index in [4.69, 9.17) is 29.9 Å². The molecule has 0 aromatic rings. The first kappa shape index (κ1) is 25.0. The van der Waals surface area contributed by atoms with Gasteiger partial charge in [-0.05, 0) is 32.1 Å². The van der Waals surface area contributed by atoms with Crippen molar-refractivity contribution in [1.82, 2.24) is 0 Å². The number of carboxylic acid groups (broad SMARTS) is 2. The summed E-state index contributed by atoms with van der Waals surface area (Å²) in [6.45, 7) is 4.19. The summed E-state index contributed by atoms with van der Waals surface area (Å²) < 4.78 is 10.1. The largest absolute Gasteiger partial charge is 0.481 e. The molecule has 0 saturated carbocycles. The van der Waals surface area contributed by atoms with E-state index in [1.807, 2.05) is 6.92 Å². The van der Waals surface area contributed by atoms with Crippen molar-refractivity contribution in [2.75, 3.05) is 33.0 Å². The smallest absolute Gasteiger partial charge is 0.333 e. The van der Waals surface area contributed by atoms with Gasteiger partial charge >= 0.3 is 11.9 Å². The van der Waals surface area contributed by atoms with Gasteiger partial charge in [-0.2, -0.15) is 0 Å². The monoisotopic (exact) mass is 352 g/mol. The van der Waals surface area contributed by atoms with Crippen LogP contribution in [0.4, 0.5) is 0 Å². The van der Waals surface area contributed by atoms with Gasteiger partial charge in [0.2, 0.25) is 0 Å². The molecule has 0 fully saturated rings. The molecule has 0 aliphatic carbocycles. The predicted molar refractivity (Wildman–Crippen MR) is 88.0 cm³/mol. The van der Waals surface area contributed by atoms with Gasteiger partial charge in [-0.15, -0.1) is 0 Å². The third-order valence-electron chi connectivity index (χ3n) is 2.85. The summed E-state index contributed by atoms with van der Waals surface area (Å²) in [5.74, 6) is -2.39. The minimum atomic E-state index is -1.22. The van der Waals surface area contributed by atoms with Crippen LogP contribution in [0.25, 0.3) is 0 Å². The minimum Gasteiger partial charge on any atom is -0.481 e. The first-order chi connectivity index (χ1) is 11.5. The highest BCUT2D eigenvalue weighted by atomic mass is 16.5. The number of unbranched alkanes of at least 4 members (excludes halogenated alkanes) is 3. The van der Waals surface area contributed by atoms with Crippen LogP contribution in [-0.4, -0.2) is 71.5 Å². The first-order valence-electron chi connectivity index (χ1n) is 8.35. The molecule has 8 nitrogen and oxygen atoms in total. The first-order valence-corrected chi connectivity index (χ1v) is 8.35. The van der Waals surface area contributed by atoms with Gasteiger partial charge in [0.15, 0.2) is 6.10 Å². The fourth-order valence-corrected chi connectivity index (χ4v) is 1.48. The molecule has 8 heteroatoms. The zero-order chi connectivity index (χ0) is 18.6. The number of hydrogen-bond acceptors (Lipinski definition) is 6. The maximum atomic E-state index is 10.4. The van der Waals surface area contributed by atoms with E-state index in [1.54, 1.807) is 0 Å². The number of hydrogen-bond donors (Lipinski definition) is 4. The lowest BCUT2D eigenvalue weighted by molar-refractivity contribution is -0.156. The highest BCUT2D eigenvalue weighted by Crippen LogP contribution is 2.01. The molecule has 0 aliphatic heterocycles. The van der Waals surface area contributed by atoms with Gasteiger partial charge in [0, 0.05) is 33.0 Å². The maximum Gasteiger partial charge on any atom is 0.333 e. The van der Waals surface area contributed by atoms with Crippen LogP contribution in [0.2, 0.25) is 0 Å².